The summed E-state index contributed by atoms with van der Waals surface area (Å²) in [5.74, 6) is 0. The maximum atomic E-state index is 11.7. The summed E-state index contributed by atoms with van der Waals surface area (Å²) in [6.45, 7) is 4.56. The van der Waals surface area contributed by atoms with Crippen LogP contribution in [-0.4, -0.2) is 18.1 Å². The van der Waals surface area contributed by atoms with E-state index in [0.717, 1.165) is 25.7 Å². The van der Waals surface area contributed by atoms with Gasteiger partial charge < -0.3 is 10.6 Å². The van der Waals surface area contributed by atoms with Gasteiger partial charge in [-0.25, -0.2) is 4.79 Å². The maximum Gasteiger partial charge on any atom is 0.315 e. The summed E-state index contributed by atoms with van der Waals surface area (Å²) in [7, 11) is 0. The first-order valence-electron chi connectivity index (χ1n) is 6.62. The predicted octanol–water partition coefficient (Wildman–Crippen LogP) is 2.81. The molecular formula is C13H24N2O. The number of nitrogens with one attached hydrogen (secondary N) is 2. The Morgan fingerprint density at radius 1 is 1.06 bits per heavy atom. The molecule has 2 N–H and O–H groups in total. The molecule has 3 heteroatoms. The lowest BCUT2D eigenvalue weighted by Gasteiger charge is -2.19. The summed E-state index contributed by atoms with van der Waals surface area (Å²) in [6.07, 6.45) is 8.31. The first-order chi connectivity index (χ1) is 7.55. The molecule has 0 aromatic heterocycles. The summed E-state index contributed by atoms with van der Waals surface area (Å²) in [5, 5.41) is 6.19. The Kier molecular flexibility index (Phi) is 3.41. The van der Waals surface area contributed by atoms with Gasteiger partial charge in [0.2, 0.25) is 0 Å². The van der Waals surface area contributed by atoms with Crippen molar-refractivity contribution in [1.82, 2.24) is 10.6 Å². The van der Waals surface area contributed by atoms with E-state index in [4.69, 9.17) is 0 Å². The van der Waals surface area contributed by atoms with Crippen LogP contribution < -0.4 is 10.6 Å². The van der Waals surface area contributed by atoms with Gasteiger partial charge in [0.1, 0.15) is 0 Å². The smallest absolute Gasteiger partial charge is 0.315 e. The van der Waals surface area contributed by atoms with Gasteiger partial charge in [-0.3, -0.25) is 0 Å². The Morgan fingerprint density at radius 3 is 2.25 bits per heavy atom. The fraction of sp³-hybridized carbons (Fsp3) is 0.923. The Bertz CT molecular complexity index is 257. The second kappa shape index (κ2) is 4.64. The van der Waals surface area contributed by atoms with E-state index in [1.165, 1.54) is 19.3 Å². The molecule has 2 aliphatic carbocycles. The minimum absolute atomic E-state index is 0.0506. The fourth-order valence-electron chi connectivity index (χ4n) is 3.04. The molecule has 3 nitrogen and oxygen atoms in total. The van der Waals surface area contributed by atoms with Gasteiger partial charge in [-0.2, -0.15) is 0 Å². The van der Waals surface area contributed by atoms with Crippen molar-refractivity contribution in [1.29, 1.82) is 0 Å². The van der Waals surface area contributed by atoms with Gasteiger partial charge in [0.05, 0.1) is 0 Å². The Labute approximate surface area is 98.4 Å². The van der Waals surface area contributed by atoms with E-state index in [0.29, 0.717) is 17.5 Å². The SMILES string of the molecule is CC1(C)CCC(NC(=O)NC2CCCC2)C1. The molecule has 2 rings (SSSR count). The maximum absolute atomic E-state index is 11.7. The highest BCUT2D eigenvalue weighted by Crippen LogP contribution is 2.36. The van der Waals surface area contributed by atoms with Gasteiger partial charge in [-0.15, -0.1) is 0 Å². The molecule has 0 radical (unpaired) electrons. The van der Waals surface area contributed by atoms with Crippen molar-refractivity contribution in [2.75, 3.05) is 0 Å². The molecule has 2 fully saturated rings. The second-order valence-corrected chi connectivity index (χ2v) is 6.20. The van der Waals surface area contributed by atoms with Crippen molar-refractivity contribution < 1.29 is 4.79 Å². The highest BCUT2D eigenvalue weighted by molar-refractivity contribution is 5.74. The van der Waals surface area contributed by atoms with Crippen molar-refractivity contribution in [2.24, 2.45) is 5.41 Å². The molecule has 0 heterocycles. The van der Waals surface area contributed by atoms with Crippen LogP contribution in [0.3, 0.4) is 0 Å². The van der Waals surface area contributed by atoms with E-state index < -0.39 is 0 Å². The first-order valence-corrected chi connectivity index (χ1v) is 6.62. The van der Waals surface area contributed by atoms with Gasteiger partial charge >= 0.3 is 6.03 Å². The van der Waals surface area contributed by atoms with Gasteiger partial charge in [0.15, 0.2) is 0 Å². The molecule has 92 valence electrons. The fourth-order valence-corrected chi connectivity index (χ4v) is 3.04. The van der Waals surface area contributed by atoms with Crippen LogP contribution in [0.15, 0.2) is 0 Å². The van der Waals surface area contributed by atoms with Crippen LogP contribution in [0.5, 0.6) is 0 Å². The number of carbonyl (C=O) groups is 1. The molecule has 0 aromatic carbocycles. The minimum Gasteiger partial charge on any atom is -0.335 e. The lowest BCUT2D eigenvalue weighted by molar-refractivity contribution is 0.232. The lowest BCUT2D eigenvalue weighted by Crippen LogP contribution is -2.44. The highest BCUT2D eigenvalue weighted by Gasteiger charge is 2.31. The number of hydrogen-bond acceptors (Lipinski definition) is 1. The number of urea groups is 1. The van der Waals surface area contributed by atoms with Crippen molar-refractivity contribution in [3.63, 3.8) is 0 Å². The van der Waals surface area contributed by atoms with Crippen LogP contribution in [0.4, 0.5) is 4.79 Å². The van der Waals surface area contributed by atoms with Crippen LogP contribution in [-0.2, 0) is 0 Å². The Balaban J connectivity index is 1.71. The summed E-state index contributed by atoms with van der Waals surface area (Å²) >= 11 is 0. The summed E-state index contributed by atoms with van der Waals surface area (Å²) in [6, 6.07) is 0.861. The Hall–Kier alpha value is -0.730. The average Bonchev–Trinajstić information content (AvgIpc) is 2.76. The molecule has 0 bridgehead atoms. The third-order valence-corrected chi connectivity index (χ3v) is 3.99. The zero-order chi connectivity index (χ0) is 11.6. The van der Waals surface area contributed by atoms with Crippen LogP contribution in [0.2, 0.25) is 0 Å². The molecule has 16 heavy (non-hydrogen) atoms. The van der Waals surface area contributed by atoms with E-state index in [2.05, 4.69) is 24.5 Å². The summed E-state index contributed by atoms with van der Waals surface area (Å²) < 4.78 is 0. The molecule has 0 saturated heterocycles. The van der Waals surface area contributed by atoms with Crippen molar-refractivity contribution >= 4 is 6.03 Å². The number of rotatable bonds is 2. The number of hydrogen-bond donors (Lipinski definition) is 2. The van der Waals surface area contributed by atoms with E-state index in [-0.39, 0.29) is 6.03 Å². The largest absolute Gasteiger partial charge is 0.335 e. The van der Waals surface area contributed by atoms with Gasteiger partial charge in [-0.05, 0) is 37.5 Å². The topological polar surface area (TPSA) is 41.1 Å². The summed E-state index contributed by atoms with van der Waals surface area (Å²) in [5.41, 5.74) is 0.408. The zero-order valence-electron chi connectivity index (χ0n) is 10.5. The van der Waals surface area contributed by atoms with Gasteiger partial charge in [0.25, 0.3) is 0 Å². The molecule has 0 aliphatic heterocycles. The van der Waals surface area contributed by atoms with Gasteiger partial charge in [0, 0.05) is 12.1 Å². The van der Waals surface area contributed by atoms with Crippen LogP contribution in [0.25, 0.3) is 0 Å². The molecule has 1 atom stereocenters. The van der Waals surface area contributed by atoms with Crippen LogP contribution in [0.1, 0.15) is 58.8 Å². The minimum atomic E-state index is 0.0506. The molecule has 2 amide bonds. The van der Waals surface area contributed by atoms with Crippen LogP contribution in [0, 0.1) is 5.41 Å². The normalized spacial score (nSPS) is 29.2. The standard InChI is InChI=1S/C13H24N2O/c1-13(2)8-7-11(9-13)15-12(16)14-10-5-3-4-6-10/h10-11H,3-9H2,1-2H3,(H2,14,15,16). The predicted molar refractivity (Wildman–Crippen MR) is 65.3 cm³/mol. The van der Waals surface area contributed by atoms with Gasteiger partial charge in [-0.1, -0.05) is 26.7 Å². The van der Waals surface area contributed by atoms with Crippen molar-refractivity contribution in [2.45, 2.75) is 70.9 Å². The van der Waals surface area contributed by atoms with Crippen molar-refractivity contribution in [3.05, 3.63) is 0 Å². The second-order valence-electron chi connectivity index (χ2n) is 6.20. The third kappa shape index (κ3) is 3.13. The quantitative estimate of drug-likeness (QED) is 0.744. The monoisotopic (exact) mass is 224 g/mol. The molecular weight excluding hydrogens is 200 g/mol. The van der Waals surface area contributed by atoms with E-state index in [1.807, 2.05) is 0 Å². The average molecular weight is 224 g/mol. The van der Waals surface area contributed by atoms with E-state index in [1.54, 1.807) is 0 Å². The number of carbonyl (C=O) groups excluding carboxylic acids is 1. The lowest BCUT2D eigenvalue weighted by atomic mass is 9.92. The highest BCUT2D eigenvalue weighted by atomic mass is 16.2. The third-order valence-electron chi connectivity index (χ3n) is 3.99. The van der Waals surface area contributed by atoms with Crippen molar-refractivity contribution in [3.8, 4) is 0 Å². The zero-order valence-corrected chi connectivity index (χ0v) is 10.5. The first kappa shape index (κ1) is 11.7. The molecule has 2 aliphatic rings. The summed E-state index contributed by atoms with van der Waals surface area (Å²) in [4.78, 5) is 11.7. The van der Waals surface area contributed by atoms with E-state index in [9.17, 15) is 4.79 Å². The molecule has 2 saturated carbocycles. The molecule has 1 unspecified atom stereocenters. The van der Waals surface area contributed by atoms with Crippen LogP contribution >= 0.6 is 0 Å². The van der Waals surface area contributed by atoms with E-state index >= 15 is 0 Å². The molecule has 0 spiro atoms. The molecule has 0 aromatic rings. The number of amides is 2. The Morgan fingerprint density at radius 2 is 1.69 bits per heavy atom.